The molecule has 0 atom stereocenters. The third kappa shape index (κ3) is 4.88. The van der Waals surface area contributed by atoms with Gasteiger partial charge in [-0.05, 0) is 44.5 Å². The van der Waals surface area contributed by atoms with E-state index in [1.165, 1.54) is 0 Å². The molecule has 0 spiro atoms. The molecule has 3 heterocycles. The van der Waals surface area contributed by atoms with Gasteiger partial charge in [-0.2, -0.15) is 0 Å². The normalized spacial score (nSPS) is 14.0. The number of anilines is 1. The highest BCUT2D eigenvalue weighted by molar-refractivity contribution is 5.92. The Morgan fingerprint density at radius 2 is 1.65 bits per heavy atom. The molecule has 9 heteroatoms. The molecular weight excluding hydrogens is 432 g/mol. The Bertz CT molecular complexity index is 1210. The van der Waals surface area contributed by atoms with E-state index in [4.69, 9.17) is 9.47 Å². The molecule has 0 unspecified atom stereocenters. The fourth-order valence-corrected chi connectivity index (χ4v) is 3.94. The van der Waals surface area contributed by atoms with Gasteiger partial charge in [-0.3, -0.25) is 9.36 Å². The Morgan fingerprint density at radius 3 is 2.29 bits per heavy atom. The molecule has 4 rings (SSSR count). The number of carbonyl (C=O) groups excluding carboxylic acids is 1. The molecule has 9 nitrogen and oxygen atoms in total. The van der Waals surface area contributed by atoms with Crippen LogP contribution in [0.15, 0.2) is 36.7 Å². The third-order valence-electron chi connectivity index (χ3n) is 6.05. The highest BCUT2D eigenvalue weighted by Crippen LogP contribution is 2.28. The van der Waals surface area contributed by atoms with Crippen LogP contribution in [0, 0.1) is 20.8 Å². The molecule has 1 amide bonds. The van der Waals surface area contributed by atoms with Gasteiger partial charge in [0.2, 0.25) is 5.91 Å². The lowest BCUT2D eigenvalue weighted by atomic mass is 10.2. The number of imidazole rings is 1. The molecule has 1 saturated heterocycles. The summed E-state index contributed by atoms with van der Waals surface area (Å²) in [5, 5.41) is 0. The van der Waals surface area contributed by atoms with Crippen LogP contribution in [0.3, 0.4) is 0 Å². The Balaban J connectivity index is 1.41. The molecular formula is C25H30N6O3. The number of benzene rings is 1. The first-order chi connectivity index (χ1) is 16.4. The van der Waals surface area contributed by atoms with E-state index in [1.54, 1.807) is 32.7 Å². The van der Waals surface area contributed by atoms with Gasteiger partial charge in [0, 0.05) is 44.0 Å². The summed E-state index contributed by atoms with van der Waals surface area (Å²) < 4.78 is 12.6. The average Bonchev–Trinajstić information content (AvgIpc) is 3.20. The van der Waals surface area contributed by atoms with E-state index in [2.05, 4.69) is 19.9 Å². The number of aromatic nitrogens is 4. The van der Waals surface area contributed by atoms with Crippen LogP contribution in [0.4, 0.5) is 5.82 Å². The topological polar surface area (TPSA) is 85.6 Å². The van der Waals surface area contributed by atoms with E-state index in [0.29, 0.717) is 43.5 Å². The maximum atomic E-state index is 12.8. The van der Waals surface area contributed by atoms with Crippen molar-refractivity contribution < 1.29 is 14.3 Å². The summed E-state index contributed by atoms with van der Waals surface area (Å²) in [6, 6.07) is 7.54. The van der Waals surface area contributed by atoms with E-state index >= 15 is 0 Å². The molecule has 34 heavy (non-hydrogen) atoms. The Kier molecular flexibility index (Phi) is 6.81. The van der Waals surface area contributed by atoms with Crippen LogP contribution in [0.1, 0.15) is 22.8 Å². The number of hydrogen-bond acceptors (Lipinski definition) is 7. The lowest BCUT2D eigenvalue weighted by molar-refractivity contribution is -0.126. The first-order valence-corrected chi connectivity index (χ1v) is 11.2. The first-order valence-electron chi connectivity index (χ1n) is 11.2. The van der Waals surface area contributed by atoms with Crippen molar-refractivity contribution in [2.75, 3.05) is 45.3 Å². The number of ether oxygens (including phenoxy) is 2. The predicted octanol–water partition coefficient (Wildman–Crippen LogP) is 2.97. The fraction of sp³-hybridized carbons (Fsp3) is 0.360. The molecule has 0 bridgehead atoms. The van der Waals surface area contributed by atoms with Gasteiger partial charge in [0.05, 0.1) is 19.9 Å². The monoisotopic (exact) mass is 462 g/mol. The van der Waals surface area contributed by atoms with Crippen molar-refractivity contribution in [3.05, 3.63) is 59.4 Å². The van der Waals surface area contributed by atoms with Gasteiger partial charge in [-0.15, -0.1) is 0 Å². The molecule has 1 aliphatic rings. The molecule has 0 saturated carbocycles. The second-order valence-corrected chi connectivity index (χ2v) is 8.18. The molecule has 2 aromatic heterocycles. The van der Waals surface area contributed by atoms with E-state index in [-0.39, 0.29) is 5.91 Å². The largest absolute Gasteiger partial charge is 0.493 e. The van der Waals surface area contributed by atoms with E-state index in [1.807, 2.05) is 54.5 Å². The molecule has 0 N–H and O–H groups in total. The smallest absolute Gasteiger partial charge is 0.246 e. The lowest BCUT2D eigenvalue weighted by Gasteiger charge is -2.35. The summed E-state index contributed by atoms with van der Waals surface area (Å²) in [6.45, 7) is 8.55. The molecule has 1 fully saturated rings. The fourth-order valence-electron chi connectivity index (χ4n) is 3.94. The van der Waals surface area contributed by atoms with Gasteiger partial charge in [0.15, 0.2) is 11.5 Å². The van der Waals surface area contributed by atoms with Gasteiger partial charge in [-0.1, -0.05) is 6.07 Å². The van der Waals surface area contributed by atoms with Crippen LogP contribution in [0.5, 0.6) is 11.5 Å². The van der Waals surface area contributed by atoms with Gasteiger partial charge in [0.25, 0.3) is 0 Å². The van der Waals surface area contributed by atoms with Crippen molar-refractivity contribution in [3.63, 3.8) is 0 Å². The van der Waals surface area contributed by atoms with Crippen LogP contribution in [-0.2, 0) is 4.79 Å². The zero-order valence-corrected chi connectivity index (χ0v) is 20.3. The minimum Gasteiger partial charge on any atom is -0.493 e. The number of hydrogen-bond donors (Lipinski definition) is 0. The van der Waals surface area contributed by atoms with Crippen LogP contribution in [0.2, 0.25) is 0 Å². The van der Waals surface area contributed by atoms with Gasteiger partial charge < -0.3 is 19.3 Å². The zero-order valence-electron chi connectivity index (χ0n) is 20.3. The summed E-state index contributed by atoms with van der Waals surface area (Å²) in [7, 11) is 3.19. The van der Waals surface area contributed by atoms with E-state index in [9.17, 15) is 4.79 Å². The van der Waals surface area contributed by atoms with Crippen molar-refractivity contribution in [1.82, 2.24) is 24.4 Å². The summed E-state index contributed by atoms with van der Waals surface area (Å²) in [4.78, 5) is 30.4. The third-order valence-corrected chi connectivity index (χ3v) is 6.05. The predicted molar refractivity (Wildman–Crippen MR) is 131 cm³/mol. The minimum absolute atomic E-state index is 0.0153. The number of carbonyl (C=O) groups is 1. The Morgan fingerprint density at radius 1 is 0.941 bits per heavy atom. The molecule has 3 aromatic rings. The van der Waals surface area contributed by atoms with Crippen molar-refractivity contribution >= 4 is 17.8 Å². The molecule has 0 aliphatic carbocycles. The Labute approximate surface area is 199 Å². The van der Waals surface area contributed by atoms with Gasteiger partial charge in [0.1, 0.15) is 23.8 Å². The summed E-state index contributed by atoms with van der Waals surface area (Å²) in [5.41, 5.74) is 2.91. The number of methoxy groups -OCH3 is 2. The zero-order chi connectivity index (χ0) is 24.2. The number of amides is 1. The van der Waals surface area contributed by atoms with Crippen LogP contribution >= 0.6 is 0 Å². The molecule has 1 aliphatic heterocycles. The van der Waals surface area contributed by atoms with Gasteiger partial charge >= 0.3 is 0 Å². The SMILES string of the molecule is COc1ccc(/C=C/C(=O)N2CCN(c3cc(-n4cnc(C)c4C)nc(C)n3)CC2)cc1OC. The molecule has 1 aromatic carbocycles. The average molecular weight is 463 g/mol. The van der Waals surface area contributed by atoms with Crippen molar-refractivity contribution in [2.24, 2.45) is 0 Å². The van der Waals surface area contributed by atoms with Crippen molar-refractivity contribution in [2.45, 2.75) is 20.8 Å². The quantitative estimate of drug-likeness (QED) is 0.521. The van der Waals surface area contributed by atoms with Crippen LogP contribution < -0.4 is 14.4 Å². The number of aryl methyl sites for hydroxylation is 2. The van der Waals surface area contributed by atoms with E-state index in [0.717, 1.165) is 28.6 Å². The second-order valence-electron chi connectivity index (χ2n) is 8.18. The maximum absolute atomic E-state index is 12.8. The first kappa shape index (κ1) is 23.3. The summed E-state index contributed by atoms with van der Waals surface area (Å²) >= 11 is 0. The second kappa shape index (κ2) is 9.94. The van der Waals surface area contributed by atoms with Crippen molar-refractivity contribution in [3.8, 4) is 17.3 Å². The van der Waals surface area contributed by atoms with Gasteiger partial charge in [-0.25, -0.2) is 15.0 Å². The lowest BCUT2D eigenvalue weighted by Crippen LogP contribution is -2.48. The summed E-state index contributed by atoms with van der Waals surface area (Å²) in [5.74, 6) is 3.64. The minimum atomic E-state index is -0.0153. The molecule has 0 radical (unpaired) electrons. The number of piperazine rings is 1. The van der Waals surface area contributed by atoms with E-state index < -0.39 is 0 Å². The standard InChI is InChI=1S/C25H30N6O3/c1-17-18(2)31(16-26-17)24-15-23(27-19(3)28-24)29-10-12-30(13-11-29)25(32)9-7-20-6-8-21(33-4)22(14-20)34-5/h6-9,14-16H,10-13H2,1-5H3/b9-7+. The Hall–Kier alpha value is -3.88. The number of nitrogens with zero attached hydrogens (tertiary/aromatic N) is 6. The van der Waals surface area contributed by atoms with Crippen LogP contribution in [0.25, 0.3) is 11.9 Å². The van der Waals surface area contributed by atoms with Crippen molar-refractivity contribution in [1.29, 1.82) is 0 Å². The highest BCUT2D eigenvalue weighted by atomic mass is 16.5. The molecule has 178 valence electrons. The summed E-state index contributed by atoms with van der Waals surface area (Å²) in [6.07, 6.45) is 5.19. The van der Waals surface area contributed by atoms with Crippen LogP contribution in [-0.4, -0.2) is 70.7 Å². The number of rotatable bonds is 6. The highest BCUT2D eigenvalue weighted by Gasteiger charge is 2.22. The maximum Gasteiger partial charge on any atom is 0.246 e.